The molecule has 0 aliphatic carbocycles. The lowest BCUT2D eigenvalue weighted by atomic mass is 9.97. The van der Waals surface area contributed by atoms with Crippen molar-refractivity contribution in [3.8, 4) is 0 Å². The predicted molar refractivity (Wildman–Crippen MR) is 76.5 cm³/mol. The monoisotopic (exact) mass is 271 g/mol. The highest BCUT2D eigenvalue weighted by atomic mass is 35.5. The molecule has 1 aromatic rings. The third kappa shape index (κ3) is 4.95. The zero-order valence-corrected chi connectivity index (χ0v) is 12.2. The highest BCUT2D eigenvalue weighted by Crippen LogP contribution is 2.28. The largest absolute Gasteiger partial charge is 0.310 e. The van der Waals surface area contributed by atoms with Gasteiger partial charge in [0, 0.05) is 11.1 Å². The van der Waals surface area contributed by atoms with Crippen molar-refractivity contribution >= 4 is 11.6 Å². The van der Waals surface area contributed by atoms with Crippen LogP contribution in [0.1, 0.15) is 51.6 Å². The second kappa shape index (κ2) is 7.75. The lowest BCUT2D eigenvalue weighted by Crippen LogP contribution is -2.23. The van der Waals surface area contributed by atoms with Crippen LogP contribution < -0.4 is 5.32 Å². The van der Waals surface area contributed by atoms with Crippen LogP contribution in [0.2, 0.25) is 5.02 Å². The molecule has 0 saturated carbocycles. The molecule has 0 spiro atoms. The van der Waals surface area contributed by atoms with E-state index in [1.807, 2.05) is 0 Å². The van der Waals surface area contributed by atoms with Crippen molar-refractivity contribution in [1.29, 1.82) is 0 Å². The van der Waals surface area contributed by atoms with E-state index in [0.29, 0.717) is 10.9 Å². The van der Waals surface area contributed by atoms with E-state index in [2.05, 4.69) is 26.1 Å². The van der Waals surface area contributed by atoms with Gasteiger partial charge in [0.05, 0.1) is 0 Å². The van der Waals surface area contributed by atoms with E-state index in [1.165, 1.54) is 12.1 Å². The number of hydrogen-bond donors (Lipinski definition) is 1. The maximum absolute atomic E-state index is 13.1. The first-order valence-electron chi connectivity index (χ1n) is 6.73. The third-order valence-corrected chi connectivity index (χ3v) is 3.34. The Morgan fingerprint density at radius 3 is 2.56 bits per heavy atom. The van der Waals surface area contributed by atoms with Gasteiger partial charge >= 0.3 is 0 Å². The molecule has 0 amide bonds. The molecule has 1 N–H and O–H groups in total. The second-order valence-electron chi connectivity index (χ2n) is 5.14. The Bertz CT molecular complexity index is 366. The maximum Gasteiger partial charge on any atom is 0.124 e. The molecular formula is C15H23ClFN. The Labute approximate surface area is 115 Å². The summed E-state index contributed by atoms with van der Waals surface area (Å²) >= 11 is 6.14. The first kappa shape index (κ1) is 15.5. The van der Waals surface area contributed by atoms with Crippen molar-refractivity contribution in [2.24, 2.45) is 5.92 Å². The molecule has 0 heterocycles. The van der Waals surface area contributed by atoms with Gasteiger partial charge in [0.25, 0.3) is 0 Å². The quantitative estimate of drug-likeness (QED) is 0.739. The molecule has 18 heavy (non-hydrogen) atoms. The van der Waals surface area contributed by atoms with E-state index in [9.17, 15) is 4.39 Å². The van der Waals surface area contributed by atoms with E-state index >= 15 is 0 Å². The molecule has 3 heteroatoms. The van der Waals surface area contributed by atoms with Gasteiger partial charge in [-0.15, -0.1) is 0 Å². The fourth-order valence-corrected chi connectivity index (χ4v) is 2.27. The summed E-state index contributed by atoms with van der Waals surface area (Å²) in [5.74, 6) is 0.386. The summed E-state index contributed by atoms with van der Waals surface area (Å²) < 4.78 is 13.1. The van der Waals surface area contributed by atoms with Gasteiger partial charge in [0.1, 0.15) is 5.82 Å². The minimum atomic E-state index is -0.276. The summed E-state index contributed by atoms with van der Waals surface area (Å²) in [5.41, 5.74) is 1.01. The van der Waals surface area contributed by atoms with Gasteiger partial charge in [0.2, 0.25) is 0 Å². The minimum Gasteiger partial charge on any atom is -0.310 e. The van der Waals surface area contributed by atoms with Gasteiger partial charge in [-0.1, -0.05) is 38.4 Å². The summed E-state index contributed by atoms with van der Waals surface area (Å²) in [6.45, 7) is 7.52. The van der Waals surface area contributed by atoms with Crippen LogP contribution in [0.4, 0.5) is 4.39 Å². The topological polar surface area (TPSA) is 12.0 Å². The third-order valence-electron chi connectivity index (χ3n) is 3.01. The Kier molecular flexibility index (Phi) is 6.66. The first-order valence-corrected chi connectivity index (χ1v) is 7.10. The van der Waals surface area contributed by atoms with Crippen LogP contribution >= 0.6 is 11.6 Å². The van der Waals surface area contributed by atoms with Crippen LogP contribution in [0.25, 0.3) is 0 Å². The van der Waals surface area contributed by atoms with Crippen molar-refractivity contribution < 1.29 is 4.39 Å². The summed E-state index contributed by atoms with van der Waals surface area (Å²) in [6.07, 6.45) is 3.25. The molecule has 0 aromatic heterocycles. The highest BCUT2D eigenvalue weighted by Gasteiger charge is 2.15. The predicted octanol–water partition coefficient (Wildman–Crippen LogP) is 4.96. The minimum absolute atomic E-state index is 0.223. The Hall–Kier alpha value is -0.600. The standard InChI is InChI=1S/C15H23ClFN/c1-4-9-18-15(8-5-11(2)3)13-7-6-12(17)10-14(13)16/h6-7,10-11,15,18H,4-5,8-9H2,1-3H3. The van der Waals surface area contributed by atoms with Crippen molar-refractivity contribution in [1.82, 2.24) is 5.32 Å². The second-order valence-corrected chi connectivity index (χ2v) is 5.55. The van der Waals surface area contributed by atoms with Gasteiger partial charge < -0.3 is 5.32 Å². The number of halogens is 2. The first-order chi connectivity index (χ1) is 8.54. The molecule has 1 aromatic carbocycles. The summed E-state index contributed by atoms with van der Waals surface area (Å²) in [6, 6.07) is 4.90. The van der Waals surface area contributed by atoms with Crippen molar-refractivity contribution in [2.75, 3.05) is 6.54 Å². The van der Waals surface area contributed by atoms with E-state index in [1.54, 1.807) is 6.07 Å². The van der Waals surface area contributed by atoms with Crippen LogP contribution in [-0.2, 0) is 0 Å². The number of benzene rings is 1. The van der Waals surface area contributed by atoms with Gasteiger partial charge in [-0.25, -0.2) is 4.39 Å². The van der Waals surface area contributed by atoms with Crippen molar-refractivity contribution in [3.63, 3.8) is 0 Å². The molecule has 1 atom stereocenters. The van der Waals surface area contributed by atoms with Crippen LogP contribution in [0.5, 0.6) is 0 Å². The molecule has 1 nitrogen and oxygen atoms in total. The fraction of sp³-hybridized carbons (Fsp3) is 0.600. The van der Waals surface area contributed by atoms with Gasteiger partial charge in [0.15, 0.2) is 0 Å². The van der Waals surface area contributed by atoms with Crippen LogP contribution in [0.3, 0.4) is 0 Å². The summed E-state index contributed by atoms with van der Waals surface area (Å²) in [7, 11) is 0. The van der Waals surface area contributed by atoms with E-state index in [4.69, 9.17) is 11.6 Å². The Morgan fingerprint density at radius 2 is 2.00 bits per heavy atom. The molecule has 0 aliphatic heterocycles. The molecular weight excluding hydrogens is 249 g/mol. The smallest absolute Gasteiger partial charge is 0.124 e. The average molecular weight is 272 g/mol. The van der Waals surface area contributed by atoms with Crippen molar-refractivity contribution in [2.45, 2.75) is 46.1 Å². The van der Waals surface area contributed by atoms with E-state index in [0.717, 1.165) is 31.4 Å². The van der Waals surface area contributed by atoms with E-state index < -0.39 is 0 Å². The zero-order valence-electron chi connectivity index (χ0n) is 11.5. The molecule has 1 unspecified atom stereocenters. The number of rotatable bonds is 7. The summed E-state index contributed by atoms with van der Waals surface area (Å²) in [4.78, 5) is 0. The zero-order chi connectivity index (χ0) is 13.5. The SMILES string of the molecule is CCCNC(CCC(C)C)c1ccc(F)cc1Cl. The van der Waals surface area contributed by atoms with Crippen LogP contribution in [0, 0.1) is 11.7 Å². The normalized spacial score (nSPS) is 13.0. The Morgan fingerprint density at radius 1 is 1.28 bits per heavy atom. The van der Waals surface area contributed by atoms with Gasteiger partial charge in [-0.2, -0.15) is 0 Å². The maximum atomic E-state index is 13.1. The lowest BCUT2D eigenvalue weighted by molar-refractivity contribution is 0.440. The molecule has 0 fully saturated rings. The van der Waals surface area contributed by atoms with Crippen LogP contribution in [0.15, 0.2) is 18.2 Å². The lowest BCUT2D eigenvalue weighted by Gasteiger charge is -2.21. The van der Waals surface area contributed by atoms with E-state index in [-0.39, 0.29) is 11.9 Å². The summed E-state index contributed by atoms with van der Waals surface area (Å²) in [5, 5.41) is 4.02. The van der Waals surface area contributed by atoms with Gasteiger partial charge in [-0.3, -0.25) is 0 Å². The molecule has 0 saturated heterocycles. The number of nitrogens with one attached hydrogen (secondary N) is 1. The van der Waals surface area contributed by atoms with Crippen molar-refractivity contribution in [3.05, 3.63) is 34.6 Å². The van der Waals surface area contributed by atoms with Crippen LogP contribution in [-0.4, -0.2) is 6.54 Å². The Balaban J connectivity index is 2.79. The van der Waals surface area contributed by atoms with Gasteiger partial charge in [-0.05, 0) is 49.4 Å². The highest BCUT2D eigenvalue weighted by molar-refractivity contribution is 6.31. The molecule has 0 radical (unpaired) electrons. The molecule has 1 rings (SSSR count). The molecule has 0 bridgehead atoms. The average Bonchev–Trinajstić information content (AvgIpc) is 2.30. The fourth-order valence-electron chi connectivity index (χ4n) is 1.97. The number of hydrogen-bond acceptors (Lipinski definition) is 1. The molecule has 102 valence electrons. The molecule has 0 aliphatic rings.